The Morgan fingerprint density at radius 2 is 2.36 bits per heavy atom. The number of nitrogens with one attached hydrogen (secondary N) is 1. The molecule has 82 valence electrons. The second-order valence-corrected chi connectivity index (χ2v) is 5.31. The number of aliphatic hydroxyl groups is 1. The highest BCUT2D eigenvalue weighted by molar-refractivity contribution is 8.00. The Morgan fingerprint density at radius 3 is 2.86 bits per heavy atom. The molecule has 4 heteroatoms. The molecule has 1 aliphatic rings. The fourth-order valence-electron chi connectivity index (χ4n) is 1.69. The molecule has 14 heavy (non-hydrogen) atoms. The third-order valence-corrected chi connectivity index (χ3v) is 3.68. The fraction of sp³-hybridized carbons (Fsp3) is 0.900. The van der Waals surface area contributed by atoms with Crippen molar-refractivity contribution in [1.29, 1.82) is 0 Å². The SMILES string of the molecule is CC(O)CC(C)NC(=O)C1CCCS1. The summed E-state index contributed by atoms with van der Waals surface area (Å²) < 4.78 is 0. The van der Waals surface area contributed by atoms with Crippen molar-refractivity contribution in [2.24, 2.45) is 0 Å². The molecule has 2 N–H and O–H groups in total. The number of rotatable bonds is 4. The average molecular weight is 217 g/mol. The summed E-state index contributed by atoms with van der Waals surface area (Å²) in [6, 6.07) is 0.0729. The van der Waals surface area contributed by atoms with Crippen LogP contribution in [0.3, 0.4) is 0 Å². The maximum Gasteiger partial charge on any atom is 0.233 e. The van der Waals surface area contributed by atoms with Gasteiger partial charge in [0, 0.05) is 6.04 Å². The zero-order valence-electron chi connectivity index (χ0n) is 8.82. The van der Waals surface area contributed by atoms with E-state index in [0.717, 1.165) is 18.6 Å². The van der Waals surface area contributed by atoms with Crippen LogP contribution in [0, 0.1) is 0 Å². The minimum absolute atomic E-state index is 0.0729. The number of hydrogen-bond donors (Lipinski definition) is 2. The fourth-order valence-corrected chi connectivity index (χ4v) is 2.86. The smallest absolute Gasteiger partial charge is 0.233 e. The normalized spacial score (nSPS) is 25.8. The minimum Gasteiger partial charge on any atom is -0.393 e. The lowest BCUT2D eigenvalue weighted by Crippen LogP contribution is -2.39. The summed E-state index contributed by atoms with van der Waals surface area (Å²) in [5, 5.41) is 12.2. The number of carbonyl (C=O) groups is 1. The monoisotopic (exact) mass is 217 g/mol. The highest BCUT2D eigenvalue weighted by Crippen LogP contribution is 2.26. The Labute approximate surface area is 89.6 Å². The Morgan fingerprint density at radius 1 is 1.64 bits per heavy atom. The maximum absolute atomic E-state index is 11.6. The van der Waals surface area contributed by atoms with E-state index in [9.17, 15) is 4.79 Å². The topological polar surface area (TPSA) is 49.3 Å². The van der Waals surface area contributed by atoms with Crippen molar-refractivity contribution >= 4 is 17.7 Å². The number of hydrogen-bond acceptors (Lipinski definition) is 3. The lowest BCUT2D eigenvalue weighted by Gasteiger charge is -2.17. The van der Waals surface area contributed by atoms with E-state index in [1.165, 1.54) is 0 Å². The van der Waals surface area contributed by atoms with Gasteiger partial charge in [-0.1, -0.05) is 0 Å². The molecule has 3 unspecified atom stereocenters. The van der Waals surface area contributed by atoms with Gasteiger partial charge < -0.3 is 10.4 Å². The molecule has 0 aromatic rings. The lowest BCUT2D eigenvalue weighted by atomic mass is 10.1. The van der Waals surface area contributed by atoms with Crippen LogP contribution in [0.15, 0.2) is 0 Å². The third-order valence-electron chi connectivity index (χ3n) is 2.31. The lowest BCUT2D eigenvalue weighted by molar-refractivity contribution is -0.121. The van der Waals surface area contributed by atoms with Gasteiger partial charge in [0.15, 0.2) is 0 Å². The Kier molecular flexibility index (Phi) is 4.75. The average Bonchev–Trinajstić information content (AvgIpc) is 2.53. The van der Waals surface area contributed by atoms with Crippen LogP contribution in [-0.2, 0) is 4.79 Å². The summed E-state index contributed by atoms with van der Waals surface area (Å²) >= 11 is 1.74. The van der Waals surface area contributed by atoms with E-state index in [1.54, 1.807) is 18.7 Å². The first-order chi connectivity index (χ1) is 6.59. The molecule has 3 atom stereocenters. The van der Waals surface area contributed by atoms with Crippen molar-refractivity contribution < 1.29 is 9.90 Å². The molecule has 0 saturated carbocycles. The molecule has 0 aromatic heterocycles. The van der Waals surface area contributed by atoms with Crippen LogP contribution in [0.2, 0.25) is 0 Å². The molecule has 1 fully saturated rings. The van der Waals surface area contributed by atoms with Crippen LogP contribution in [0.25, 0.3) is 0 Å². The zero-order chi connectivity index (χ0) is 10.6. The molecule has 0 aromatic carbocycles. The summed E-state index contributed by atoms with van der Waals surface area (Å²) in [7, 11) is 0. The van der Waals surface area contributed by atoms with E-state index in [-0.39, 0.29) is 23.3 Å². The Bertz CT molecular complexity index is 191. The van der Waals surface area contributed by atoms with Gasteiger partial charge in [0.25, 0.3) is 0 Å². The van der Waals surface area contributed by atoms with Gasteiger partial charge in [0.2, 0.25) is 5.91 Å². The molecule has 1 heterocycles. The standard InChI is InChI=1S/C10H19NO2S/c1-7(6-8(2)12)11-10(13)9-4-3-5-14-9/h7-9,12H,3-6H2,1-2H3,(H,11,13). The number of carbonyl (C=O) groups excluding carboxylic acids is 1. The molecule has 0 bridgehead atoms. The van der Waals surface area contributed by atoms with E-state index in [0.29, 0.717) is 6.42 Å². The number of amides is 1. The summed E-state index contributed by atoms with van der Waals surface area (Å²) in [5.41, 5.74) is 0. The van der Waals surface area contributed by atoms with E-state index in [1.807, 2.05) is 6.92 Å². The highest BCUT2D eigenvalue weighted by Gasteiger charge is 2.24. The zero-order valence-corrected chi connectivity index (χ0v) is 9.64. The first kappa shape index (κ1) is 11.9. The third kappa shape index (κ3) is 3.88. The molecular formula is C10H19NO2S. The molecule has 1 saturated heterocycles. The summed E-state index contributed by atoms with van der Waals surface area (Å²) in [4.78, 5) is 11.6. The summed E-state index contributed by atoms with van der Waals surface area (Å²) in [5.74, 6) is 1.24. The van der Waals surface area contributed by atoms with Gasteiger partial charge in [0.05, 0.1) is 11.4 Å². The second-order valence-electron chi connectivity index (χ2n) is 4.00. The molecule has 1 aliphatic heterocycles. The molecule has 1 amide bonds. The van der Waals surface area contributed by atoms with E-state index < -0.39 is 0 Å². The van der Waals surface area contributed by atoms with Crippen molar-refractivity contribution in [2.75, 3.05) is 5.75 Å². The molecule has 1 rings (SSSR count). The van der Waals surface area contributed by atoms with Crippen LogP contribution in [0.1, 0.15) is 33.1 Å². The van der Waals surface area contributed by atoms with Crippen molar-refractivity contribution in [3.8, 4) is 0 Å². The highest BCUT2D eigenvalue weighted by atomic mass is 32.2. The van der Waals surface area contributed by atoms with Crippen LogP contribution in [-0.4, -0.2) is 34.2 Å². The van der Waals surface area contributed by atoms with Gasteiger partial charge in [-0.2, -0.15) is 0 Å². The molecule has 0 aliphatic carbocycles. The van der Waals surface area contributed by atoms with Gasteiger partial charge in [0.1, 0.15) is 0 Å². The van der Waals surface area contributed by atoms with Gasteiger partial charge in [-0.05, 0) is 38.9 Å². The number of aliphatic hydroxyl groups excluding tert-OH is 1. The maximum atomic E-state index is 11.6. The summed E-state index contributed by atoms with van der Waals surface area (Å²) in [6.45, 7) is 3.68. The molecular weight excluding hydrogens is 198 g/mol. The van der Waals surface area contributed by atoms with Crippen LogP contribution in [0.5, 0.6) is 0 Å². The Balaban J connectivity index is 2.25. The van der Waals surface area contributed by atoms with Gasteiger partial charge >= 0.3 is 0 Å². The van der Waals surface area contributed by atoms with E-state index in [4.69, 9.17) is 5.11 Å². The predicted molar refractivity (Wildman–Crippen MR) is 59.4 cm³/mol. The van der Waals surface area contributed by atoms with Crippen LogP contribution < -0.4 is 5.32 Å². The molecule has 0 spiro atoms. The first-order valence-corrected chi connectivity index (χ1v) is 6.24. The Hall–Kier alpha value is -0.220. The van der Waals surface area contributed by atoms with Crippen molar-refractivity contribution in [1.82, 2.24) is 5.32 Å². The van der Waals surface area contributed by atoms with E-state index >= 15 is 0 Å². The van der Waals surface area contributed by atoms with Gasteiger partial charge in [-0.15, -0.1) is 11.8 Å². The first-order valence-electron chi connectivity index (χ1n) is 5.19. The second kappa shape index (κ2) is 5.61. The molecule has 3 nitrogen and oxygen atoms in total. The number of thioether (sulfide) groups is 1. The molecule has 0 radical (unpaired) electrons. The quantitative estimate of drug-likeness (QED) is 0.743. The van der Waals surface area contributed by atoms with Gasteiger partial charge in [-0.25, -0.2) is 0 Å². The van der Waals surface area contributed by atoms with Crippen molar-refractivity contribution in [3.63, 3.8) is 0 Å². The minimum atomic E-state index is -0.346. The predicted octanol–water partition coefficient (Wildman–Crippen LogP) is 1.16. The van der Waals surface area contributed by atoms with Crippen molar-refractivity contribution in [3.05, 3.63) is 0 Å². The summed E-state index contributed by atoms with van der Waals surface area (Å²) in [6.07, 6.45) is 2.43. The largest absolute Gasteiger partial charge is 0.393 e. The van der Waals surface area contributed by atoms with Crippen LogP contribution >= 0.6 is 11.8 Å². The van der Waals surface area contributed by atoms with Crippen molar-refractivity contribution in [2.45, 2.75) is 50.5 Å². The van der Waals surface area contributed by atoms with Crippen LogP contribution in [0.4, 0.5) is 0 Å². The van der Waals surface area contributed by atoms with E-state index in [2.05, 4.69) is 5.32 Å². The van der Waals surface area contributed by atoms with Gasteiger partial charge in [-0.3, -0.25) is 4.79 Å².